The number of hydrogen-bond acceptors (Lipinski definition) is 8. The second kappa shape index (κ2) is 12.0. The average Bonchev–Trinajstić information content (AvgIpc) is 2.91. The highest BCUT2D eigenvalue weighted by Gasteiger charge is 2.38. The summed E-state index contributed by atoms with van der Waals surface area (Å²) in [6.45, 7) is 2.83. The number of carbonyl (C=O) groups is 1. The van der Waals surface area contributed by atoms with Gasteiger partial charge in [0, 0.05) is 28.3 Å². The first-order valence-electron chi connectivity index (χ1n) is 11.8. The van der Waals surface area contributed by atoms with Crippen LogP contribution in [-0.4, -0.2) is 77.0 Å². The molecule has 202 valence electrons. The van der Waals surface area contributed by atoms with Gasteiger partial charge in [-0.3, -0.25) is 0 Å². The van der Waals surface area contributed by atoms with Gasteiger partial charge in [0.1, 0.15) is 0 Å². The van der Waals surface area contributed by atoms with Crippen LogP contribution < -0.4 is 15.5 Å². The number of nitrogens with one attached hydrogen (secondary N) is 2. The molecule has 1 aromatic heterocycles. The van der Waals surface area contributed by atoms with Crippen molar-refractivity contribution in [2.45, 2.75) is 30.1 Å². The summed E-state index contributed by atoms with van der Waals surface area (Å²) in [4.78, 5) is 29.3. The van der Waals surface area contributed by atoms with Crippen LogP contribution in [0.5, 0.6) is 0 Å². The van der Waals surface area contributed by atoms with Gasteiger partial charge in [-0.2, -0.15) is 23.1 Å². The molecule has 1 fully saturated rings. The van der Waals surface area contributed by atoms with Crippen molar-refractivity contribution in [1.82, 2.24) is 20.3 Å². The van der Waals surface area contributed by atoms with Gasteiger partial charge in [-0.25, -0.2) is 9.78 Å². The van der Waals surface area contributed by atoms with E-state index in [2.05, 4.69) is 10.2 Å². The van der Waals surface area contributed by atoms with Crippen molar-refractivity contribution in [3.8, 4) is 22.8 Å². The topological polar surface area (TPSA) is 112 Å². The first kappa shape index (κ1) is 27.6. The van der Waals surface area contributed by atoms with Crippen LogP contribution in [0.4, 0.5) is 29.6 Å². The minimum absolute atomic E-state index is 0.0728. The number of hydrogen-bond donors (Lipinski definition) is 3. The summed E-state index contributed by atoms with van der Waals surface area (Å²) in [5, 5.41) is 13.5. The summed E-state index contributed by atoms with van der Waals surface area (Å²) in [6, 6.07) is 13.6. The fraction of sp³-hybridized carbons (Fsp3) is 0.360. The number of thioether (sulfide) groups is 1. The third kappa shape index (κ3) is 6.71. The summed E-state index contributed by atoms with van der Waals surface area (Å²) in [7, 11) is 0. The molecular formula is C25H27F3N6O3S. The lowest BCUT2D eigenvalue weighted by Crippen LogP contribution is -2.44. The Labute approximate surface area is 221 Å². The molecule has 9 nitrogen and oxygen atoms in total. The molecule has 2 amide bonds. The summed E-state index contributed by atoms with van der Waals surface area (Å²) in [5.74, 6) is 1.49. The molecule has 3 N–H and O–H groups in total. The largest absolute Gasteiger partial charge is 0.416 e. The van der Waals surface area contributed by atoms with E-state index in [0.29, 0.717) is 48.6 Å². The van der Waals surface area contributed by atoms with Gasteiger partial charge in [0.05, 0.1) is 25.8 Å². The van der Waals surface area contributed by atoms with E-state index >= 15 is 0 Å². The predicted octanol–water partition coefficient (Wildman–Crippen LogP) is 4.20. The van der Waals surface area contributed by atoms with Crippen LogP contribution in [0.2, 0.25) is 0 Å². The van der Waals surface area contributed by atoms with E-state index in [1.807, 2.05) is 42.8 Å². The van der Waals surface area contributed by atoms with Gasteiger partial charge in [-0.05, 0) is 43.5 Å². The van der Waals surface area contributed by atoms with Crippen molar-refractivity contribution >= 4 is 29.4 Å². The van der Waals surface area contributed by atoms with Gasteiger partial charge in [0.25, 0.3) is 0 Å². The van der Waals surface area contributed by atoms with E-state index in [1.165, 1.54) is 0 Å². The smallest absolute Gasteiger partial charge is 0.382 e. The molecule has 0 saturated carbocycles. The number of rotatable bonds is 7. The molecule has 3 aromatic rings. The molecule has 38 heavy (non-hydrogen) atoms. The van der Waals surface area contributed by atoms with Crippen LogP contribution in [-0.2, 0) is 4.74 Å². The molecule has 0 spiro atoms. The third-order valence-electron chi connectivity index (χ3n) is 5.83. The van der Waals surface area contributed by atoms with E-state index in [0.717, 1.165) is 10.5 Å². The van der Waals surface area contributed by atoms with Crippen LogP contribution in [0.3, 0.4) is 0 Å². The Morgan fingerprint density at radius 2 is 1.87 bits per heavy atom. The highest BCUT2D eigenvalue weighted by Crippen LogP contribution is 2.31. The van der Waals surface area contributed by atoms with Crippen LogP contribution in [0.1, 0.15) is 6.92 Å². The van der Waals surface area contributed by atoms with Gasteiger partial charge in [0.2, 0.25) is 5.95 Å². The first-order chi connectivity index (χ1) is 18.2. The number of alkyl halides is 3. The Kier molecular flexibility index (Phi) is 8.69. The summed E-state index contributed by atoms with van der Waals surface area (Å²) >= 11 is 1.59. The Balaban J connectivity index is 1.59. The lowest BCUT2D eigenvalue weighted by molar-refractivity contribution is -0.201. The lowest BCUT2D eigenvalue weighted by atomic mass is 10.1. The van der Waals surface area contributed by atoms with Crippen LogP contribution >= 0.6 is 11.8 Å². The van der Waals surface area contributed by atoms with Crippen molar-refractivity contribution in [2.24, 2.45) is 0 Å². The molecule has 0 bridgehead atoms. The second-order valence-electron chi connectivity index (χ2n) is 8.57. The zero-order valence-corrected chi connectivity index (χ0v) is 21.5. The fourth-order valence-corrected chi connectivity index (χ4v) is 4.37. The van der Waals surface area contributed by atoms with E-state index in [-0.39, 0.29) is 6.04 Å². The number of aliphatic hydroxyl groups is 1. The van der Waals surface area contributed by atoms with E-state index < -0.39 is 24.9 Å². The normalized spacial score (nSPS) is 16.7. The standard InChI is InChI=1S/C25H27F3N6O3S/c1-15-14-37-12-11-34(15)23-32-21(31-22(33-23)18-5-3-4-6-19(18)38-2)16-7-9-17(10-8-16)30-24(36)29-13-20(35)25(26,27)28/h3-10,15,20,35H,11-14H2,1-2H3,(H2,29,30,36). The molecule has 1 aliphatic heterocycles. The van der Waals surface area contributed by atoms with Crippen molar-refractivity contribution < 1.29 is 27.8 Å². The molecule has 13 heteroatoms. The zero-order valence-electron chi connectivity index (χ0n) is 20.7. The Hall–Kier alpha value is -3.42. The van der Waals surface area contributed by atoms with Crippen LogP contribution in [0.15, 0.2) is 53.4 Å². The van der Waals surface area contributed by atoms with Crippen molar-refractivity contribution in [1.29, 1.82) is 0 Å². The van der Waals surface area contributed by atoms with Crippen molar-refractivity contribution in [2.75, 3.05) is 42.8 Å². The Bertz CT molecular complexity index is 1260. The van der Waals surface area contributed by atoms with Gasteiger partial charge in [-0.15, -0.1) is 11.8 Å². The molecule has 2 heterocycles. The van der Waals surface area contributed by atoms with E-state index in [4.69, 9.17) is 24.8 Å². The maximum Gasteiger partial charge on any atom is 0.416 e. The number of urea groups is 1. The highest BCUT2D eigenvalue weighted by molar-refractivity contribution is 7.98. The fourth-order valence-electron chi connectivity index (χ4n) is 3.78. The minimum atomic E-state index is -4.81. The summed E-state index contributed by atoms with van der Waals surface area (Å²) in [6.07, 6.45) is -5.47. The zero-order chi connectivity index (χ0) is 27.3. The molecule has 2 atom stereocenters. The molecule has 2 aromatic carbocycles. The second-order valence-corrected chi connectivity index (χ2v) is 9.42. The lowest BCUT2D eigenvalue weighted by Gasteiger charge is -2.33. The number of anilines is 2. The van der Waals surface area contributed by atoms with Crippen molar-refractivity contribution in [3.05, 3.63) is 48.5 Å². The van der Waals surface area contributed by atoms with Gasteiger partial charge >= 0.3 is 12.2 Å². The molecular weight excluding hydrogens is 521 g/mol. The molecule has 0 aliphatic carbocycles. The number of amides is 2. The maximum atomic E-state index is 12.4. The predicted molar refractivity (Wildman–Crippen MR) is 139 cm³/mol. The summed E-state index contributed by atoms with van der Waals surface area (Å²) in [5.41, 5.74) is 1.88. The number of halogens is 3. The molecule has 2 unspecified atom stereocenters. The van der Waals surface area contributed by atoms with Gasteiger partial charge in [0.15, 0.2) is 17.8 Å². The number of morpholine rings is 1. The number of carbonyl (C=O) groups excluding carboxylic acids is 1. The molecule has 1 aliphatic rings. The minimum Gasteiger partial charge on any atom is -0.382 e. The monoisotopic (exact) mass is 548 g/mol. The SMILES string of the molecule is CSc1ccccc1-c1nc(-c2ccc(NC(=O)NCC(O)C(F)(F)F)cc2)nc(N2CCOCC2C)n1. The Morgan fingerprint density at radius 1 is 1.16 bits per heavy atom. The third-order valence-corrected chi connectivity index (χ3v) is 6.63. The Morgan fingerprint density at radius 3 is 2.55 bits per heavy atom. The number of aliphatic hydroxyl groups excluding tert-OH is 1. The highest BCUT2D eigenvalue weighted by atomic mass is 32.2. The maximum absolute atomic E-state index is 12.4. The number of nitrogens with zero attached hydrogens (tertiary/aromatic N) is 4. The number of aromatic nitrogens is 3. The van der Waals surface area contributed by atoms with E-state index in [9.17, 15) is 18.0 Å². The first-order valence-corrected chi connectivity index (χ1v) is 13.0. The average molecular weight is 549 g/mol. The van der Waals surface area contributed by atoms with E-state index in [1.54, 1.807) is 36.0 Å². The van der Waals surface area contributed by atoms with Gasteiger partial charge in [-0.1, -0.05) is 18.2 Å². The van der Waals surface area contributed by atoms with Gasteiger partial charge < -0.3 is 25.4 Å². The number of benzene rings is 2. The van der Waals surface area contributed by atoms with Crippen molar-refractivity contribution in [3.63, 3.8) is 0 Å². The number of ether oxygens (including phenoxy) is 1. The molecule has 0 radical (unpaired) electrons. The molecule has 4 rings (SSSR count). The van der Waals surface area contributed by atoms with Crippen LogP contribution in [0.25, 0.3) is 22.8 Å². The molecule has 1 saturated heterocycles. The quantitative estimate of drug-likeness (QED) is 0.377. The van der Waals surface area contributed by atoms with Crippen LogP contribution in [0, 0.1) is 0 Å². The summed E-state index contributed by atoms with van der Waals surface area (Å²) < 4.78 is 42.9.